The van der Waals surface area contributed by atoms with Gasteiger partial charge in [0.05, 0.1) is 13.7 Å². The summed E-state index contributed by atoms with van der Waals surface area (Å²) in [4.78, 5) is 14.3. The average Bonchev–Trinajstić information content (AvgIpc) is 3.12. The minimum Gasteiger partial charge on any atom is -0.493 e. The summed E-state index contributed by atoms with van der Waals surface area (Å²) in [6.07, 6.45) is 8.18. The Morgan fingerprint density at radius 1 is 0.969 bits per heavy atom. The van der Waals surface area contributed by atoms with E-state index in [-0.39, 0.29) is 5.91 Å². The number of hydrogen-bond donors (Lipinski definition) is 0. The van der Waals surface area contributed by atoms with Crippen LogP contribution < -0.4 is 9.47 Å². The lowest BCUT2D eigenvalue weighted by Gasteiger charge is -2.36. The minimum absolute atomic E-state index is 0.123. The number of carbonyl (C=O) groups excluding carboxylic acids is 1. The zero-order valence-electron chi connectivity index (χ0n) is 19.2. The Morgan fingerprint density at radius 2 is 1.62 bits per heavy atom. The molecule has 1 amide bonds. The van der Waals surface area contributed by atoms with Gasteiger partial charge in [-0.1, -0.05) is 25.8 Å². The molecule has 2 heterocycles. The predicted octanol–water partition coefficient (Wildman–Crippen LogP) is 2.76. The molecule has 2 fully saturated rings. The molecule has 0 aromatic heterocycles. The summed E-state index contributed by atoms with van der Waals surface area (Å²) in [6.45, 7) is 5.28. The normalized spacial score (nSPS) is 19.1. The van der Waals surface area contributed by atoms with Gasteiger partial charge in [0, 0.05) is 45.3 Å². The van der Waals surface area contributed by atoms with Gasteiger partial charge in [-0.05, 0) is 43.0 Å². The van der Waals surface area contributed by atoms with Crippen molar-refractivity contribution in [2.45, 2.75) is 39.0 Å². The summed E-state index contributed by atoms with van der Waals surface area (Å²) in [5, 5.41) is 0. The van der Waals surface area contributed by atoms with Crippen LogP contribution in [0.3, 0.4) is 0 Å². The zero-order chi connectivity index (χ0) is 23.0. The average molecular weight is 466 g/mol. The highest BCUT2D eigenvalue weighted by molar-refractivity contribution is 7.86. The van der Waals surface area contributed by atoms with Crippen LogP contribution in [0.1, 0.15) is 44.6 Å². The molecule has 1 aromatic carbocycles. The minimum atomic E-state index is -3.45. The molecular formula is C23H35N3O5S. The molecule has 0 spiro atoms. The summed E-state index contributed by atoms with van der Waals surface area (Å²) in [5.74, 6) is 1.18. The van der Waals surface area contributed by atoms with E-state index in [9.17, 15) is 13.2 Å². The highest BCUT2D eigenvalue weighted by Gasteiger charge is 2.33. The van der Waals surface area contributed by atoms with Gasteiger partial charge in [0.1, 0.15) is 0 Å². The molecule has 2 saturated heterocycles. The summed E-state index contributed by atoms with van der Waals surface area (Å²) < 4.78 is 40.1. The third-order valence-electron chi connectivity index (χ3n) is 5.84. The van der Waals surface area contributed by atoms with E-state index >= 15 is 0 Å². The lowest BCUT2D eigenvalue weighted by atomic mass is 10.2. The second-order valence-corrected chi connectivity index (χ2v) is 10.1. The maximum atomic E-state index is 12.9. The molecule has 2 aliphatic rings. The fourth-order valence-corrected chi connectivity index (χ4v) is 5.64. The Labute approximate surface area is 191 Å². The first-order chi connectivity index (χ1) is 15.5. The van der Waals surface area contributed by atoms with E-state index in [2.05, 4.69) is 0 Å². The van der Waals surface area contributed by atoms with E-state index in [0.717, 1.165) is 37.7 Å². The van der Waals surface area contributed by atoms with Crippen LogP contribution in [0.2, 0.25) is 0 Å². The third-order valence-corrected chi connectivity index (χ3v) is 7.87. The largest absolute Gasteiger partial charge is 0.493 e. The molecule has 32 heavy (non-hydrogen) atoms. The smallest absolute Gasteiger partial charge is 0.282 e. The molecule has 178 valence electrons. The Bertz CT molecular complexity index is 887. The fourth-order valence-electron chi connectivity index (χ4n) is 3.97. The van der Waals surface area contributed by atoms with Crippen molar-refractivity contribution in [3.63, 3.8) is 0 Å². The molecule has 0 saturated carbocycles. The monoisotopic (exact) mass is 465 g/mol. The first-order valence-corrected chi connectivity index (χ1v) is 12.9. The van der Waals surface area contributed by atoms with Gasteiger partial charge in [-0.2, -0.15) is 17.0 Å². The van der Waals surface area contributed by atoms with Crippen molar-refractivity contribution in [1.29, 1.82) is 0 Å². The molecule has 1 aromatic rings. The molecule has 0 N–H and O–H groups in total. The number of carbonyl (C=O) groups is 1. The summed E-state index contributed by atoms with van der Waals surface area (Å²) in [7, 11) is -1.86. The van der Waals surface area contributed by atoms with Crippen LogP contribution in [0.5, 0.6) is 11.5 Å². The van der Waals surface area contributed by atoms with Crippen molar-refractivity contribution in [3.8, 4) is 11.5 Å². The van der Waals surface area contributed by atoms with Crippen LogP contribution in [-0.2, 0) is 15.0 Å². The zero-order valence-corrected chi connectivity index (χ0v) is 20.0. The number of benzene rings is 1. The number of amides is 1. The maximum Gasteiger partial charge on any atom is 0.282 e. The molecule has 0 bridgehead atoms. The predicted molar refractivity (Wildman–Crippen MR) is 125 cm³/mol. The molecule has 0 unspecified atom stereocenters. The Hall–Kier alpha value is -2.10. The maximum absolute atomic E-state index is 12.9. The number of methoxy groups -OCH3 is 1. The van der Waals surface area contributed by atoms with Crippen molar-refractivity contribution in [3.05, 3.63) is 29.8 Å². The highest BCUT2D eigenvalue weighted by atomic mass is 32.2. The first-order valence-electron chi connectivity index (χ1n) is 11.5. The van der Waals surface area contributed by atoms with E-state index < -0.39 is 10.2 Å². The van der Waals surface area contributed by atoms with E-state index in [1.807, 2.05) is 25.1 Å². The SMILES string of the molecule is CCCOc1ccc(/C=C/C(=O)N2CCN(S(=O)(=O)N3CCCCCC3)CC2)cc1OC. The van der Waals surface area contributed by atoms with Crippen molar-refractivity contribution < 1.29 is 22.7 Å². The van der Waals surface area contributed by atoms with Crippen LogP contribution in [0.4, 0.5) is 0 Å². The van der Waals surface area contributed by atoms with Crippen molar-refractivity contribution in [1.82, 2.24) is 13.5 Å². The number of nitrogens with zero attached hydrogens (tertiary/aromatic N) is 3. The number of hydrogen-bond acceptors (Lipinski definition) is 5. The van der Waals surface area contributed by atoms with Crippen molar-refractivity contribution in [2.75, 3.05) is 53.0 Å². The van der Waals surface area contributed by atoms with E-state index in [0.29, 0.717) is 57.4 Å². The van der Waals surface area contributed by atoms with Crippen LogP contribution in [0.15, 0.2) is 24.3 Å². The van der Waals surface area contributed by atoms with Gasteiger partial charge in [0.15, 0.2) is 11.5 Å². The van der Waals surface area contributed by atoms with Gasteiger partial charge < -0.3 is 14.4 Å². The lowest BCUT2D eigenvalue weighted by molar-refractivity contribution is -0.127. The van der Waals surface area contributed by atoms with Crippen LogP contribution in [-0.4, -0.2) is 80.8 Å². The van der Waals surface area contributed by atoms with Gasteiger partial charge in [-0.25, -0.2) is 0 Å². The molecule has 9 heteroatoms. The first kappa shape index (κ1) is 24.5. The van der Waals surface area contributed by atoms with Crippen LogP contribution >= 0.6 is 0 Å². The quantitative estimate of drug-likeness (QED) is 0.552. The van der Waals surface area contributed by atoms with Gasteiger partial charge in [-0.15, -0.1) is 0 Å². The molecule has 2 aliphatic heterocycles. The van der Waals surface area contributed by atoms with Crippen LogP contribution in [0.25, 0.3) is 6.08 Å². The molecule has 0 radical (unpaired) electrons. The van der Waals surface area contributed by atoms with Crippen molar-refractivity contribution >= 4 is 22.2 Å². The van der Waals surface area contributed by atoms with Gasteiger partial charge >= 0.3 is 0 Å². The summed E-state index contributed by atoms with van der Waals surface area (Å²) >= 11 is 0. The molecule has 8 nitrogen and oxygen atoms in total. The van der Waals surface area contributed by atoms with Gasteiger partial charge in [0.25, 0.3) is 10.2 Å². The van der Waals surface area contributed by atoms with Crippen molar-refractivity contribution in [2.24, 2.45) is 0 Å². The van der Waals surface area contributed by atoms with Crippen LogP contribution in [0, 0.1) is 0 Å². The molecule has 0 atom stereocenters. The third kappa shape index (κ3) is 6.24. The Balaban J connectivity index is 1.55. The summed E-state index contributed by atoms with van der Waals surface area (Å²) in [6, 6.07) is 5.55. The summed E-state index contributed by atoms with van der Waals surface area (Å²) in [5.41, 5.74) is 0.835. The molecule has 0 aliphatic carbocycles. The topological polar surface area (TPSA) is 79.4 Å². The standard InChI is InChI=1S/C23H35N3O5S/c1-3-18-31-21-10-8-20(19-22(21)30-2)9-11-23(27)24-14-16-26(17-15-24)32(28,29)25-12-6-4-5-7-13-25/h8-11,19H,3-7,12-18H2,1-2H3/b11-9+. The second-order valence-electron chi connectivity index (χ2n) is 8.14. The second kappa shape index (κ2) is 11.7. The van der Waals surface area contributed by atoms with E-state index in [1.54, 1.807) is 22.4 Å². The number of ether oxygens (including phenoxy) is 2. The highest BCUT2D eigenvalue weighted by Crippen LogP contribution is 2.28. The molecular weight excluding hydrogens is 430 g/mol. The Morgan fingerprint density at radius 3 is 2.25 bits per heavy atom. The fraction of sp³-hybridized carbons (Fsp3) is 0.609. The Kier molecular flexibility index (Phi) is 8.95. The number of piperazine rings is 1. The van der Waals surface area contributed by atoms with E-state index in [4.69, 9.17) is 9.47 Å². The van der Waals surface area contributed by atoms with E-state index in [1.165, 1.54) is 10.4 Å². The lowest BCUT2D eigenvalue weighted by Crippen LogP contribution is -2.54. The molecule has 3 rings (SSSR count). The van der Waals surface area contributed by atoms with Gasteiger partial charge in [-0.3, -0.25) is 4.79 Å². The number of rotatable bonds is 8. The van der Waals surface area contributed by atoms with Gasteiger partial charge in [0.2, 0.25) is 5.91 Å².